The summed E-state index contributed by atoms with van der Waals surface area (Å²) in [5.74, 6) is 4.91. The molecular formula is C31H36Cl2N8O4. The maximum absolute atomic E-state index is 9.63. The van der Waals surface area contributed by atoms with E-state index in [1.165, 1.54) is 6.20 Å². The molecule has 2 aromatic carbocycles. The minimum absolute atomic E-state index is 0.167. The van der Waals surface area contributed by atoms with Crippen molar-refractivity contribution in [2.24, 2.45) is 17.8 Å². The Labute approximate surface area is 271 Å². The molecule has 2 fully saturated rings. The van der Waals surface area contributed by atoms with Crippen LogP contribution in [0.15, 0.2) is 60.9 Å². The second kappa shape index (κ2) is 15.3. The Kier molecular flexibility index (Phi) is 11.0. The van der Waals surface area contributed by atoms with E-state index in [1.807, 2.05) is 0 Å². The summed E-state index contributed by atoms with van der Waals surface area (Å²) in [6.07, 6.45) is 6.74. The normalized spacial score (nSPS) is 20.1. The van der Waals surface area contributed by atoms with Gasteiger partial charge in [-0.3, -0.25) is 0 Å². The molecule has 2 atom stereocenters. The smallest absolute Gasteiger partial charge is 0.222 e. The third-order valence-electron chi connectivity index (χ3n) is 7.69. The highest BCUT2D eigenvalue weighted by Gasteiger charge is 2.29. The molecule has 14 heteroatoms. The van der Waals surface area contributed by atoms with Crippen LogP contribution >= 0.6 is 23.2 Å². The van der Waals surface area contributed by atoms with Gasteiger partial charge in [-0.25, -0.2) is 9.97 Å². The monoisotopic (exact) mass is 654 g/mol. The number of rotatable bonds is 11. The number of halogens is 2. The Hall–Kier alpha value is -4.10. The molecule has 2 saturated carbocycles. The van der Waals surface area contributed by atoms with Crippen LogP contribution in [0.1, 0.15) is 25.7 Å². The van der Waals surface area contributed by atoms with Crippen molar-refractivity contribution in [1.29, 1.82) is 0 Å². The van der Waals surface area contributed by atoms with Crippen LogP contribution in [0.3, 0.4) is 0 Å². The lowest BCUT2D eigenvalue weighted by Crippen LogP contribution is -2.36. The van der Waals surface area contributed by atoms with Crippen LogP contribution in [0, 0.1) is 17.8 Å². The molecule has 45 heavy (non-hydrogen) atoms. The molecule has 0 spiro atoms. The maximum Gasteiger partial charge on any atom is 0.222 e. The lowest BCUT2D eigenvalue weighted by atomic mass is 9.75. The van der Waals surface area contributed by atoms with Crippen molar-refractivity contribution >= 4 is 46.7 Å². The van der Waals surface area contributed by atoms with Crippen LogP contribution in [-0.4, -0.2) is 55.9 Å². The first-order valence-electron chi connectivity index (χ1n) is 14.6. The van der Waals surface area contributed by atoms with E-state index in [4.69, 9.17) is 49.2 Å². The zero-order valence-corrected chi connectivity index (χ0v) is 26.0. The Morgan fingerprint density at radius 2 is 1.22 bits per heavy atom. The van der Waals surface area contributed by atoms with E-state index in [-0.39, 0.29) is 30.5 Å². The number of benzene rings is 2. The van der Waals surface area contributed by atoms with E-state index in [0.717, 1.165) is 32.2 Å². The van der Waals surface area contributed by atoms with Crippen molar-refractivity contribution in [2.45, 2.75) is 31.8 Å². The molecule has 2 aromatic heterocycles. The molecule has 8 N–H and O–H groups in total. The Morgan fingerprint density at radius 1 is 0.733 bits per heavy atom. The fraction of sp³-hybridized carbons (Fsp3) is 0.355. The first-order valence-corrected chi connectivity index (χ1v) is 15.4. The van der Waals surface area contributed by atoms with Gasteiger partial charge in [-0.2, -0.15) is 9.97 Å². The van der Waals surface area contributed by atoms with Gasteiger partial charge >= 0.3 is 0 Å². The van der Waals surface area contributed by atoms with Gasteiger partial charge in [0.05, 0.1) is 18.5 Å². The van der Waals surface area contributed by atoms with Crippen LogP contribution in [0.5, 0.6) is 23.0 Å². The van der Waals surface area contributed by atoms with Gasteiger partial charge in [-0.15, -0.1) is 0 Å². The largest absolute Gasteiger partial charge is 0.452 e. The molecule has 0 saturated heterocycles. The molecule has 12 nitrogen and oxygen atoms in total. The minimum atomic E-state index is -0.243. The van der Waals surface area contributed by atoms with Gasteiger partial charge in [-0.1, -0.05) is 23.2 Å². The predicted octanol–water partition coefficient (Wildman–Crippen LogP) is 5.62. The Bertz CT molecular complexity index is 1540. The molecule has 2 heterocycles. The number of aromatic nitrogens is 4. The van der Waals surface area contributed by atoms with E-state index >= 15 is 0 Å². The number of aliphatic hydroxyl groups excluding tert-OH is 2. The van der Waals surface area contributed by atoms with Gasteiger partial charge in [-0.05, 0) is 86.1 Å². The zero-order chi connectivity index (χ0) is 31.8. The predicted molar refractivity (Wildman–Crippen MR) is 175 cm³/mol. The zero-order valence-electron chi connectivity index (χ0n) is 24.4. The number of anilines is 4. The quantitative estimate of drug-likeness (QED) is 0.117. The first-order chi connectivity index (χ1) is 21.7. The second-order valence-corrected chi connectivity index (χ2v) is 11.9. The van der Waals surface area contributed by atoms with Crippen LogP contribution in [-0.2, 0) is 0 Å². The highest BCUT2D eigenvalue weighted by molar-refractivity contribution is 6.30. The molecule has 0 radical (unpaired) electrons. The van der Waals surface area contributed by atoms with Crippen molar-refractivity contribution in [3.8, 4) is 23.0 Å². The third-order valence-corrected chi connectivity index (χ3v) is 8.19. The summed E-state index contributed by atoms with van der Waals surface area (Å²) in [7, 11) is 0. The molecule has 2 aliphatic rings. The van der Waals surface area contributed by atoms with E-state index in [1.54, 1.807) is 54.7 Å². The average Bonchev–Trinajstić information content (AvgIpc) is 3.01. The molecule has 0 aliphatic heterocycles. The van der Waals surface area contributed by atoms with Gasteiger partial charge in [0.25, 0.3) is 0 Å². The number of hydrogen-bond acceptors (Lipinski definition) is 12. The van der Waals surface area contributed by atoms with E-state index in [2.05, 4.69) is 30.6 Å². The summed E-state index contributed by atoms with van der Waals surface area (Å²) in [5, 5.41) is 26.4. The summed E-state index contributed by atoms with van der Waals surface area (Å²) >= 11 is 11.7. The number of nitrogen functional groups attached to an aromatic ring is 2. The Balaban J connectivity index is 0.000000178. The fourth-order valence-electron chi connectivity index (χ4n) is 4.88. The van der Waals surface area contributed by atoms with Gasteiger partial charge in [0.1, 0.15) is 11.5 Å². The molecule has 4 aromatic rings. The van der Waals surface area contributed by atoms with E-state index < -0.39 is 0 Å². The molecule has 0 bridgehead atoms. The number of hydrogen-bond donors (Lipinski definition) is 6. The van der Waals surface area contributed by atoms with Crippen molar-refractivity contribution in [3.05, 3.63) is 71.0 Å². The molecule has 238 valence electrons. The molecule has 6 rings (SSSR count). The topological polar surface area (TPSA) is 187 Å². The van der Waals surface area contributed by atoms with Gasteiger partial charge < -0.3 is 41.8 Å². The summed E-state index contributed by atoms with van der Waals surface area (Å²) < 4.78 is 11.6. The highest BCUT2D eigenvalue weighted by atomic mass is 35.5. The SMILES string of the molecule is Nc1ncc(Oc2ccc(Cl)cc2)c(NC[C@@H]2CC[C@H]2O)n1.Nc1ncc(Oc2ccc(Cl)cc2)c(NC[C@H]2C[C@@H](CO)C2)n1. The van der Waals surface area contributed by atoms with Crippen LogP contribution in [0.25, 0.3) is 0 Å². The Morgan fingerprint density at radius 3 is 1.64 bits per heavy atom. The van der Waals surface area contributed by atoms with Crippen LogP contribution in [0.4, 0.5) is 23.5 Å². The first kappa shape index (κ1) is 32.3. The standard InChI is InChI=1S/C16H19ClN4O2.C15H17ClN4O2/c17-12-1-3-13(4-2-12)23-14-8-20-16(18)21-15(14)19-7-10-5-11(6-10)9-22;16-10-2-4-11(5-3-10)22-13-8-19-15(17)20-14(13)18-7-9-1-6-12(9)21/h1-4,8,10-11,22H,5-7,9H2,(H3,18,19,20,21);2-5,8-9,12,21H,1,6-7H2,(H3,17,18,19,20)/t10-,11+;9-,12+/m.0/s1. The highest BCUT2D eigenvalue weighted by Crippen LogP contribution is 2.35. The molecular weight excluding hydrogens is 619 g/mol. The number of nitrogens with two attached hydrogens (primary N) is 2. The number of aliphatic hydroxyl groups is 2. The second-order valence-electron chi connectivity index (χ2n) is 11.0. The fourth-order valence-corrected chi connectivity index (χ4v) is 5.13. The number of ether oxygens (including phenoxy) is 2. The summed E-state index contributed by atoms with van der Waals surface area (Å²) in [4.78, 5) is 16.3. The van der Waals surface area contributed by atoms with Gasteiger partial charge in [0, 0.05) is 35.7 Å². The minimum Gasteiger partial charge on any atom is -0.452 e. The van der Waals surface area contributed by atoms with Crippen molar-refractivity contribution in [3.63, 3.8) is 0 Å². The van der Waals surface area contributed by atoms with Crippen LogP contribution < -0.4 is 31.6 Å². The van der Waals surface area contributed by atoms with E-state index in [0.29, 0.717) is 63.1 Å². The third kappa shape index (κ3) is 9.21. The summed E-state index contributed by atoms with van der Waals surface area (Å²) in [6, 6.07) is 14.1. The lowest BCUT2D eigenvalue weighted by Gasteiger charge is -2.34. The lowest BCUT2D eigenvalue weighted by molar-refractivity contribution is 0.0314. The van der Waals surface area contributed by atoms with Gasteiger partial charge in [0.15, 0.2) is 23.1 Å². The van der Waals surface area contributed by atoms with Crippen molar-refractivity contribution in [1.82, 2.24) is 19.9 Å². The number of nitrogens with zero attached hydrogens (tertiary/aromatic N) is 4. The molecule has 0 amide bonds. The van der Waals surface area contributed by atoms with E-state index in [9.17, 15) is 5.11 Å². The van der Waals surface area contributed by atoms with Crippen molar-refractivity contribution < 1.29 is 19.7 Å². The molecule has 2 aliphatic carbocycles. The number of nitrogens with one attached hydrogen (secondary N) is 2. The van der Waals surface area contributed by atoms with Gasteiger partial charge in [0.2, 0.25) is 11.9 Å². The maximum atomic E-state index is 9.63. The summed E-state index contributed by atoms with van der Waals surface area (Å²) in [5.41, 5.74) is 11.3. The molecule has 0 unspecified atom stereocenters. The average molecular weight is 656 g/mol. The van der Waals surface area contributed by atoms with Crippen LogP contribution in [0.2, 0.25) is 10.0 Å². The van der Waals surface area contributed by atoms with Crippen molar-refractivity contribution in [2.75, 3.05) is 41.8 Å². The summed E-state index contributed by atoms with van der Waals surface area (Å²) in [6.45, 7) is 1.65.